The van der Waals surface area contributed by atoms with E-state index in [-0.39, 0.29) is 17.8 Å². The molecule has 0 saturated carbocycles. The van der Waals surface area contributed by atoms with Crippen molar-refractivity contribution in [2.75, 3.05) is 0 Å². The van der Waals surface area contributed by atoms with Crippen molar-refractivity contribution in [2.45, 2.75) is 32.2 Å². The van der Waals surface area contributed by atoms with Gasteiger partial charge in [0.05, 0.1) is 17.1 Å². The number of hydrogen-bond donors (Lipinski definition) is 2. The molecule has 3 rings (SSSR count). The quantitative estimate of drug-likeness (QED) is 0.707. The van der Waals surface area contributed by atoms with Crippen molar-refractivity contribution in [1.82, 2.24) is 15.3 Å². The summed E-state index contributed by atoms with van der Waals surface area (Å²) in [6, 6.07) is 13.1. The highest BCUT2D eigenvalue weighted by molar-refractivity contribution is 5.94. The first-order chi connectivity index (χ1) is 11.7. The van der Waals surface area contributed by atoms with E-state index in [1.807, 2.05) is 24.3 Å². The van der Waals surface area contributed by atoms with Gasteiger partial charge in [-0.05, 0) is 42.8 Å². The molecule has 1 heterocycles. The lowest BCUT2D eigenvalue weighted by molar-refractivity contribution is 0.0932. The van der Waals surface area contributed by atoms with Gasteiger partial charge in [-0.2, -0.15) is 0 Å². The van der Waals surface area contributed by atoms with Crippen molar-refractivity contribution in [1.29, 1.82) is 0 Å². The van der Waals surface area contributed by atoms with Gasteiger partial charge in [-0.15, -0.1) is 0 Å². The standard InChI is InChI=1S/C19H20FN3O/c1-2-3-6-17(18-21-15-7-4-5-8-16(15)22-18)23-19(24)13-9-11-14(20)12-10-13/h4-5,7-12,17H,2-3,6H2,1H3,(H,21,22)(H,23,24)/t17-/m0/s1. The van der Waals surface area contributed by atoms with Crippen LogP contribution in [-0.2, 0) is 0 Å². The Kier molecular flexibility index (Phi) is 4.89. The highest BCUT2D eigenvalue weighted by Crippen LogP contribution is 2.21. The maximum atomic E-state index is 13.0. The number of unbranched alkanes of at least 4 members (excludes halogenated alkanes) is 1. The Morgan fingerprint density at radius 1 is 1.21 bits per heavy atom. The number of nitrogens with zero attached hydrogens (tertiary/aromatic N) is 1. The zero-order chi connectivity index (χ0) is 16.9. The lowest BCUT2D eigenvalue weighted by Gasteiger charge is -2.16. The predicted molar refractivity (Wildman–Crippen MR) is 92.2 cm³/mol. The zero-order valence-corrected chi connectivity index (χ0v) is 13.6. The van der Waals surface area contributed by atoms with E-state index in [0.717, 1.165) is 36.1 Å². The van der Waals surface area contributed by atoms with Crippen molar-refractivity contribution in [3.8, 4) is 0 Å². The first kappa shape index (κ1) is 16.2. The molecular formula is C19H20FN3O. The van der Waals surface area contributed by atoms with Crippen LogP contribution in [0.3, 0.4) is 0 Å². The number of fused-ring (bicyclic) bond motifs is 1. The summed E-state index contributed by atoms with van der Waals surface area (Å²) in [5.74, 6) is 0.169. The van der Waals surface area contributed by atoms with Crippen molar-refractivity contribution in [2.24, 2.45) is 0 Å². The molecule has 124 valence electrons. The van der Waals surface area contributed by atoms with Gasteiger partial charge < -0.3 is 10.3 Å². The number of H-pyrrole nitrogens is 1. The van der Waals surface area contributed by atoms with E-state index in [1.54, 1.807) is 0 Å². The van der Waals surface area contributed by atoms with E-state index < -0.39 is 0 Å². The minimum atomic E-state index is -0.355. The van der Waals surface area contributed by atoms with E-state index in [0.29, 0.717) is 5.56 Å². The maximum absolute atomic E-state index is 13.0. The van der Waals surface area contributed by atoms with Gasteiger partial charge in [-0.25, -0.2) is 9.37 Å². The van der Waals surface area contributed by atoms with Crippen LogP contribution >= 0.6 is 0 Å². The van der Waals surface area contributed by atoms with E-state index >= 15 is 0 Å². The Balaban J connectivity index is 1.83. The van der Waals surface area contributed by atoms with E-state index in [9.17, 15) is 9.18 Å². The molecule has 0 unspecified atom stereocenters. The average molecular weight is 325 g/mol. The summed E-state index contributed by atoms with van der Waals surface area (Å²) < 4.78 is 13.0. The largest absolute Gasteiger partial charge is 0.342 e. The summed E-state index contributed by atoms with van der Waals surface area (Å²) in [6.07, 6.45) is 2.80. The fourth-order valence-electron chi connectivity index (χ4n) is 2.67. The number of carbonyl (C=O) groups is 1. The van der Waals surface area contributed by atoms with E-state index in [4.69, 9.17) is 0 Å². The van der Waals surface area contributed by atoms with Crippen LogP contribution in [0.5, 0.6) is 0 Å². The van der Waals surface area contributed by atoms with Crippen LogP contribution in [0.25, 0.3) is 11.0 Å². The summed E-state index contributed by atoms with van der Waals surface area (Å²) >= 11 is 0. The van der Waals surface area contributed by atoms with Gasteiger partial charge in [0.15, 0.2) is 0 Å². The molecule has 5 heteroatoms. The molecule has 0 fully saturated rings. The third kappa shape index (κ3) is 3.62. The molecule has 3 aromatic rings. The van der Waals surface area contributed by atoms with Crippen molar-refractivity contribution < 1.29 is 9.18 Å². The van der Waals surface area contributed by atoms with Crippen molar-refractivity contribution >= 4 is 16.9 Å². The summed E-state index contributed by atoms with van der Waals surface area (Å²) in [7, 11) is 0. The minimum absolute atomic E-state index is 0.199. The predicted octanol–water partition coefficient (Wildman–Crippen LogP) is 4.36. The molecule has 24 heavy (non-hydrogen) atoms. The zero-order valence-electron chi connectivity index (χ0n) is 13.6. The molecular weight excluding hydrogens is 305 g/mol. The third-order valence-corrected chi connectivity index (χ3v) is 4.00. The van der Waals surface area contributed by atoms with Gasteiger partial charge in [0, 0.05) is 5.56 Å². The molecule has 0 aliphatic heterocycles. The number of amides is 1. The highest BCUT2D eigenvalue weighted by Gasteiger charge is 2.18. The molecule has 1 atom stereocenters. The van der Waals surface area contributed by atoms with E-state index in [1.165, 1.54) is 24.3 Å². The Bertz CT molecular complexity index is 793. The normalized spacial score (nSPS) is 12.2. The number of halogens is 1. The van der Waals surface area contributed by atoms with Crippen LogP contribution in [0.2, 0.25) is 0 Å². The molecule has 2 N–H and O–H groups in total. The number of benzene rings is 2. The number of imidazole rings is 1. The molecule has 0 aliphatic carbocycles. The topological polar surface area (TPSA) is 57.8 Å². The van der Waals surface area contributed by atoms with Gasteiger partial charge in [-0.3, -0.25) is 4.79 Å². The lowest BCUT2D eigenvalue weighted by atomic mass is 10.1. The Morgan fingerprint density at radius 2 is 1.96 bits per heavy atom. The van der Waals surface area contributed by atoms with Crippen LogP contribution in [0, 0.1) is 5.82 Å². The van der Waals surface area contributed by atoms with Crippen LogP contribution < -0.4 is 5.32 Å². The van der Waals surface area contributed by atoms with Gasteiger partial charge >= 0.3 is 0 Å². The molecule has 4 nitrogen and oxygen atoms in total. The summed E-state index contributed by atoms with van der Waals surface area (Å²) in [6.45, 7) is 2.11. The van der Waals surface area contributed by atoms with Gasteiger partial charge in [0.1, 0.15) is 11.6 Å². The smallest absolute Gasteiger partial charge is 0.251 e. The number of hydrogen-bond acceptors (Lipinski definition) is 2. The van der Waals surface area contributed by atoms with Crippen molar-refractivity contribution in [3.63, 3.8) is 0 Å². The Labute approximate surface area is 140 Å². The number of aromatic nitrogens is 2. The monoisotopic (exact) mass is 325 g/mol. The average Bonchev–Trinajstić information content (AvgIpc) is 3.03. The molecule has 1 amide bonds. The highest BCUT2D eigenvalue weighted by atomic mass is 19.1. The summed E-state index contributed by atoms with van der Waals surface area (Å²) in [5, 5.41) is 3.01. The number of rotatable bonds is 6. The fraction of sp³-hybridized carbons (Fsp3) is 0.263. The molecule has 0 aliphatic rings. The van der Waals surface area contributed by atoms with Gasteiger partial charge in [-0.1, -0.05) is 31.9 Å². The number of nitrogens with one attached hydrogen (secondary N) is 2. The molecule has 0 radical (unpaired) electrons. The minimum Gasteiger partial charge on any atom is -0.342 e. The fourth-order valence-corrected chi connectivity index (χ4v) is 2.67. The second-order valence-electron chi connectivity index (χ2n) is 5.81. The Hall–Kier alpha value is -2.69. The number of para-hydroxylation sites is 2. The van der Waals surface area contributed by atoms with Crippen LogP contribution in [0.15, 0.2) is 48.5 Å². The molecule has 0 spiro atoms. The molecule has 0 saturated heterocycles. The molecule has 0 bridgehead atoms. The van der Waals surface area contributed by atoms with Crippen molar-refractivity contribution in [3.05, 3.63) is 65.7 Å². The summed E-state index contributed by atoms with van der Waals surface area (Å²) in [4.78, 5) is 20.3. The van der Waals surface area contributed by atoms with Gasteiger partial charge in [0.25, 0.3) is 5.91 Å². The van der Waals surface area contributed by atoms with Crippen LogP contribution in [0.1, 0.15) is 48.4 Å². The first-order valence-electron chi connectivity index (χ1n) is 8.18. The molecule has 2 aromatic carbocycles. The Morgan fingerprint density at radius 3 is 2.67 bits per heavy atom. The lowest BCUT2D eigenvalue weighted by Crippen LogP contribution is -2.29. The van der Waals surface area contributed by atoms with Crippen LogP contribution in [-0.4, -0.2) is 15.9 Å². The maximum Gasteiger partial charge on any atom is 0.251 e. The first-order valence-corrected chi connectivity index (χ1v) is 8.18. The molecule has 1 aromatic heterocycles. The third-order valence-electron chi connectivity index (χ3n) is 4.00. The number of carbonyl (C=O) groups excluding carboxylic acids is 1. The van der Waals surface area contributed by atoms with Gasteiger partial charge in [0.2, 0.25) is 0 Å². The SMILES string of the molecule is CCCC[C@H](NC(=O)c1ccc(F)cc1)c1nc2ccccc2[nH]1. The summed E-state index contributed by atoms with van der Waals surface area (Å²) in [5.41, 5.74) is 2.27. The second kappa shape index (κ2) is 7.25. The van der Waals surface area contributed by atoms with E-state index in [2.05, 4.69) is 22.2 Å². The number of aromatic amines is 1. The second-order valence-corrected chi connectivity index (χ2v) is 5.81. The van der Waals surface area contributed by atoms with Crippen LogP contribution in [0.4, 0.5) is 4.39 Å².